The highest BCUT2D eigenvalue weighted by atomic mass is 32.1. The molecule has 80 valence electrons. The van der Waals surface area contributed by atoms with Crippen molar-refractivity contribution in [1.29, 1.82) is 0 Å². The van der Waals surface area contributed by atoms with Crippen LogP contribution in [0.5, 0.6) is 0 Å². The fraction of sp³-hybridized carbons (Fsp3) is 0.333. The predicted molar refractivity (Wildman–Crippen MR) is 54.0 cm³/mol. The van der Waals surface area contributed by atoms with Crippen molar-refractivity contribution >= 4 is 11.3 Å². The fourth-order valence-corrected chi connectivity index (χ4v) is 2.01. The Bertz CT molecular complexity index is 450. The monoisotopic (exact) mass is 229 g/mol. The lowest BCUT2D eigenvalue weighted by molar-refractivity contribution is 0.0566. The molecule has 0 fully saturated rings. The lowest BCUT2D eigenvalue weighted by Crippen LogP contribution is -1.96. The van der Waals surface area contributed by atoms with Crippen LogP contribution in [0, 0.1) is 0 Å². The standard InChI is InChI=1S/C9H9F2N3S/c1-2-8-12-4-7(15-8)6-3-13-14(5-6)9(10)11/h3-5,9H,2H2,1H3. The number of aryl methyl sites for hydroxylation is 1. The molecule has 2 rings (SSSR count). The van der Waals surface area contributed by atoms with E-state index < -0.39 is 6.55 Å². The molecule has 0 bridgehead atoms. The highest BCUT2D eigenvalue weighted by Gasteiger charge is 2.10. The maximum atomic E-state index is 12.3. The molecule has 0 aromatic carbocycles. The van der Waals surface area contributed by atoms with E-state index in [2.05, 4.69) is 10.1 Å². The summed E-state index contributed by atoms with van der Waals surface area (Å²) < 4.78 is 25.2. The third kappa shape index (κ3) is 2.04. The second-order valence-electron chi connectivity index (χ2n) is 2.96. The van der Waals surface area contributed by atoms with Crippen LogP contribution in [-0.2, 0) is 6.42 Å². The van der Waals surface area contributed by atoms with Gasteiger partial charge in [-0.2, -0.15) is 13.9 Å². The van der Waals surface area contributed by atoms with Gasteiger partial charge in [-0.05, 0) is 6.42 Å². The van der Waals surface area contributed by atoms with Gasteiger partial charge < -0.3 is 0 Å². The van der Waals surface area contributed by atoms with Crippen molar-refractivity contribution in [3.63, 3.8) is 0 Å². The van der Waals surface area contributed by atoms with Gasteiger partial charge in [0.05, 0.1) is 16.1 Å². The molecule has 3 nitrogen and oxygen atoms in total. The van der Waals surface area contributed by atoms with E-state index in [1.807, 2.05) is 6.92 Å². The molecule has 0 unspecified atom stereocenters. The normalized spacial score (nSPS) is 11.2. The summed E-state index contributed by atoms with van der Waals surface area (Å²) in [6.45, 7) is -0.581. The molecule has 0 saturated carbocycles. The van der Waals surface area contributed by atoms with Crippen molar-refractivity contribution in [2.75, 3.05) is 0 Å². The number of nitrogens with zero attached hydrogens (tertiary/aromatic N) is 3. The number of alkyl halides is 2. The number of aromatic nitrogens is 3. The van der Waals surface area contributed by atoms with Crippen molar-refractivity contribution in [3.8, 4) is 10.4 Å². The van der Waals surface area contributed by atoms with Crippen LogP contribution in [0.3, 0.4) is 0 Å². The van der Waals surface area contributed by atoms with E-state index in [1.165, 1.54) is 23.7 Å². The second-order valence-corrected chi connectivity index (χ2v) is 4.07. The van der Waals surface area contributed by atoms with Crippen molar-refractivity contribution in [3.05, 3.63) is 23.6 Å². The van der Waals surface area contributed by atoms with E-state index in [4.69, 9.17) is 0 Å². The van der Waals surface area contributed by atoms with E-state index >= 15 is 0 Å². The first-order chi connectivity index (χ1) is 7.20. The van der Waals surface area contributed by atoms with Crippen LogP contribution in [0.2, 0.25) is 0 Å². The summed E-state index contributed by atoms with van der Waals surface area (Å²) in [6, 6.07) is 0. The zero-order valence-electron chi connectivity index (χ0n) is 8.02. The molecule has 0 amide bonds. The van der Waals surface area contributed by atoms with Gasteiger partial charge in [0.15, 0.2) is 0 Å². The molecule has 2 aromatic heterocycles. The van der Waals surface area contributed by atoms with Crippen molar-refractivity contribution < 1.29 is 8.78 Å². The Hall–Kier alpha value is -1.30. The van der Waals surface area contributed by atoms with Crippen LogP contribution in [0.1, 0.15) is 18.5 Å². The lowest BCUT2D eigenvalue weighted by atomic mass is 10.3. The topological polar surface area (TPSA) is 30.7 Å². The molecular weight excluding hydrogens is 220 g/mol. The molecule has 0 aliphatic rings. The third-order valence-electron chi connectivity index (χ3n) is 1.94. The molecule has 0 N–H and O–H groups in total. The summed E-state index contributed by atoms with van der Waals surface area (Å²) in [7, 11) is 0. The van der Waals surface area contributed by atoms with Gasteiger partial charge in [-0.15, -0.1) is 11.3 Å². The second kappa shape index (κ2) is 4.06. The van der Waals surface area contributed by atoms with E-state index in [1.54, 1.807) is 6.20 Å². The largest absolute Gasteiger partial charge is 0.333 e. The maximum absolute atomic E-state index is 12.3. The maximum Gasteiger partial charge on any atom is 0.333 e. The minimum Gasteiger partial charge on any atom is -0.249 e. The van der Waals surface area contributed by atoms with Gasteiger partial charge in [-0.25, -0.2) is 9.67 Å². The summed E-state index contributed by atoms with van der Waals surface area (Å²) in [4.78, 5) is 5.03. The van der Waals surface area contributed by atoms with E-state index in [-0.39, 0.29) is 0 Å². The summed E-state index contributed by atoms with van der Waals surface area (Å²) in [5, 5.41) is 4.57. The van der Waals surface area contributed by atoms with Crippen LogP contribution in [0.15, 0.2) is 18.6 Å². The number of rotatable bonds is 3. The molecule has 15 heavy (non-hydrogen) atoms. The smallest absolute Gasteiger partial charge is 0.249 e. The molecule has 0 aliphatic carbocycles. The van der Waals surface area contributed by atoms with E-state index in [0.29, 0.717) is 10.2 Å². The molecule has 6 heteroatoms. The number of halogens is 2. The summed E-state index contributed by atoms with van der Waals surface area (Å²) in [5.41, 5.74) is 0.688. The van der Waals surface area contributed by atoms with Crippen LogP contribution in [-0.4, -0.2) is 14.8 Å². The van der Waals surface area contributed by atoms with Gasteiger partial charge in [-0.3, -0.25) is 0 Å². The quantitative estimate of drug-likeness (QED) is 0.810. The molecule has 2 heterocycles. The van der Waals surface area contributed by atoms with Crippen LogP contribution in [0.4, 0.5) is 8.78 Å². The van der Waals surface area contributed by atoms with Crippen molar-refractivity contribution in [1.82, 2.24) is 14.8 Å². The predicted octanol–water partition coefficient (Wildman–Crippen LogP) is 2.96. The number of thiazole rings is 1. The lowest BCUT2D eigenvalue weighted by Gasteiger charge is -1.94. The molecule has 0 saturated heterocycles. The highest BCUT2D eigenvalue weighted by molar-refractivity contribution is 7.15. The Labute approximate surface area is 89.4 Å². The molecular formula is C9H9F2N3S. The minimum atomic E-state index is -2.59. The summed E-state index contributed by atoms with van der Waals surface area (Å²) in [6.07, 6.45) is 5.31. The van der Waals surface area contributed by atoms with Gasteiger partial charge in [0, 0.05) is 18.0 Å². The van der Waals surface area contributed by atoms with Gasteiger partial charge in [0.2, 0.25) is 0 Å². The minimum absolute atomic E-state index is 0.640. The SMILES string of the molecule is CCc1ncc(-c2cnn(C(F)F)c2)s1. The average Bonchev–Trinajstić information content (AvgIpc) is 2.86. The van der Waals surface area contributed by atoms with Crippen molar-refractivity contribution in [2.24, 2.45) is 0 Å². The number of hydrogen-bond acceptors (Lipinski definition) is 3. The Kier molecular flexibility index (Phi) is 2.77. The van der Waals surface area contributed by atoms with Crippen molar-refractivity contribution in [2.45, 2.75) is 19.9 Å². The molecule has 2 aromatic rings. The Balaban J connectivity index is 2.28. The molecule has 0 spiro atoms. The zero-order valence-corrected chi connectivity index (χ0v) is 8.84. The van der Waals surface area contributed by atoms with Gasteiger partial charge >= 0.3 is 6.55 Å². The first kappa shape index (κ1) is 10.2. The van der Waals surface area contributed by atoms with Gasteiger partial charge in [-0.1, -0.05) is 6.92 Å². The van der Waals surface area contributed by atoms with Gasteiger partial charge in [0.25, 0.3) is 0 Å². The Morgan fingerprint density at radius 1 is 1.47 bits per heavy atom. The zero-order chi connectivity index (χ0) is 10.8. The Morgan fingerprint density at radius 2 is 2.27 bits per heavy atom. The van der Waals surface area contributed by atoms with E-state index in [0.717, 1.165) is 16.3 Å². The third-order valence-corrected chi connectivity index (χ3v) is 3.13. The summed E-state index contributed by atoms with van der Waals surface area (Å²) in [5.74, 6) is 0. The Morgan fingerprint density at radius 3 is 2.80 bits per heavy atom. The first-order valence-electron chi connectivity index (χ1n) is 4.48. The van der Waals surface area contributed by atoms with Crippen LogP contribution < -0.4 is 0 Å². The van der Waals surface area contributed by atoms with Crippen LogP contribution in [0.25, 0.3) is 10.4 Å². The molecule has 0 radical (unpaired) electrons. The van der Waals surface area contributed by atoms with Crippen LogP contribution >= 0.6 is 11.3 Å². The van der Waals surface area contributed by atoms with Gasteiger partial charge in [0.1, 0.15) is 0 Å². The summed E-state index contributed by atoms with van der Waals surface area (Å²) >= 11 is 1.50. The average molecular weight is 229 g/mol. The first-order valence-corrected chi connectivity index (χ1v) is 5.29. The molecule has 0 atom stereocenters. The highest BCUT2D eigenvalue weighted by Crippen LogP contribution is 2.26. The number of hydrogen-bond donors (Lipinski definition) is 0. The molecule has 0 aliphatic heterocycles. The van der Waals surface area contributed by atoms with E-state index in [9.17, 15) is 8.78 Å². The fourth-order valence-electron chi connectivity index (χ4n) is 1.18.